The number of piperidine rings is 1. The van der Waals surface area contributed by atoms with E-state index in [0.29, 0.717) is 12.1 Å². The first-order valence-electron chi connectivity index (χ1n) is 8.67. The Kier molecular flexibility index (Phi) is 4.36. The smallest absolute Gasteiger partial charge is 0.316 e. The Bertz CT molecular complexity index is 947. The molecule has 1 atom stereocenters. The number of fused-ring (bicyclic) bond motifs is 1. The van der Waals surface area contributed by atoms with Crippen LogP contribution in [0.15, 0.2) is 17.8 Å². The van der Waals surface area contributed by atoms with Gasteiger partial charge in [-0.05, 0) is 26.7 Å². The second-order valence-electron chi connectivity index (χ2n) is 6.61. The predicted octanol–water partition coefficient (Wildman–Crippen LogP) is 2.83. The van der Waals surface area contributed by atoms with Crippen molar-refractivity contribution in [3.05, 3.63) is 40.5 Å². The zero-order chi connectivity index (χ0) is 18.3. The summed E-state index contributed by atoms with van der Waals surface area (Å²) in [6, 6.07) is 0.266. The van der Waals surface area contributed by atoms with Crippen molar-refractivity contribution in [2.24, 2.45) is 0 Å². The van der Waals surface area contributed by atoms with Crippen molar-refractivity contribution in [3.63, 3.8) is 0 Å². The van der Waals surface area contributed by atoms with Crippen LogP contribution in [-0.4, -0.2) is 50.4 Å². The van der Waals surface area contributed by atoms with E-state index >= 15 is 0 Å². The first kappa shape index (κ1) is 17.0. The van der Waals surface area contributed by atoms with Crippen LogP contribution in [-0.2, 0) is 0 Å². The fourth-order valence-electron chi connectivity index (χ4n) is 3.62. The van der Waals surface area contributed by atoms with Crippen molar-refractivity contribution in [2.75, 3.05) is 20.2 Å². The van der Waals surface area contributed by atoms with Crippen molar-refractivity contribution < 1.29 is 9.53 Å². The molecule has 4 rings (SSSR count). The average Bonchev–Trinajstić information content (AvgIpc) is 3.22. The lowest BCUT2D eigenvalue weighted by atomic mass is 9.95. The van der Waals surface area contributed by atoms with Crippen molar-refractivity contribution in [3.8, 4) is 6.01 Å². The number of methoxy groups -OCH3 is 1. The third-order valence-electron chi connectivity index (χ3n) is 4.87. The number of imidazole rings is 1. The van der Waals surface area contributed by atoms with Crippen molar-refractivity contribution in [2.45, 2.75) is 32.6 Å². The lowest BCUT2D eigenvalue weighted by Crippen LogP contribution is -2.39. The van der Waals surface area contributed by atoms with Crippen LogP contribution in [0.3, 0.4) is 0 Å². The Hall–Kier alpha value is -2.48. The number of hydrogen-bond donors (Lipinski definition) is 0. The molecule has 7 nitrogen and oxygen atoms in total. The molecule has 1 aliphatic heterocycles. The normalized spacial score (nSPS) is 17.7. The van der Waals surface area contributed by atoms with Gasteiger partial charge in [-0.15, -0.1) is 11.3 Å². The molecule has 26 heavy (non-hydrogen) atoms. The monoisotopic (exact) mass is 371 g/mol. The van der Waals surface area contributed by atoms with E-state index in [4.69, 9.17) is 9.72 Å². The molecular weight excluding hydrogens is 350 g/mol. The van der Waals surface area contributed by atoms with E-state index in [1.54, 1.807) is 11.3 Å². The summed E-state index contributed by atoms with van der Waals surface area (Å²) in [4.78, 5) is 28.8. The third-order valence-corrected chi connectivity index (χ3v) is 5.95. The maximum Gasteiger partial charge on any atom is 0.316 e. The van der Waals surface area contributed by atoms with Gasteiger partial charge in [-0.25, -0.2) is 15.0 Å². The van der Waals surface area contributed by atoms with Crippen molar-refractivity contribution >= 4 is 22.1 Å². The molecule has 8 heteroatoms. The average molecular weight is 371 g/mol. The molecule has 1 saturated heterocycles. The summed E-state index contributed by atoms with van der Waals surface area (Å²) in [5, 5.41) is 2.16. The Labute approximate surface area is 155 Å². The summed E-state index contributed by atoms with van der Waals surface area (Å²) in [6.07, 6.45) is 5.07. The van der Waals surface area contributed by atoms with Gasteiger partial charge in [0.05, 0.1) is 18.4 Å². The second-order valence-corrected chi connectivity index (χ2v) is 7.47. The standard InChI is InChI=1S/C18H21N5O2S/c1-11-10-26-17-15(21-12(2)23(11)17)13-5-4-6-22(9-13)16(24)14-7-19-18(25-3)20-8-14/h7-8,10,13H,4-6,9H2,1-3H3. The van der Waals surface area contributed by atoms with Gasteiger partial charge in [0.25, 0.3) is 5.91 Å². The highest BCUT2D eigenvalue weighted by atomic mass is 32.1. The molecule has 0 bridgehead atoms. The summed E-state index contributed by atoms with van der Waals surface area (Å²) in [5.74, 6) is 1.24. The Morgan fingerprint density at radius 1 is 1.31 bits per heavy atom. The van der Waals surface area contributed by atoms with Gasteiger partial charge in [-0.1, -0.05) is 0 Å². The predicted molar refractivity (Wildman–Crippen MR) is 99.0 cm³/mol. The molecule has 0 spiro atoms. The van der Waals surface area contributed by atoms with Crippen LogP contribution in [0.1, 0.15) is 46.3 Å². The lowest BCUT2D eigenvalue weighted by molar-refractivity contribution is 0.0705. The third kappa shape index (κ3) is 2.84. The fourth-order valence-corrected chi connectivity index (χ4v) is 4.72. The summed E-state index contributed by atoms with van der Waals surface area (Å²) in [6.45, 7) is 5.56. The summed E-state index contributed by atoms with van der Waals surface area (Å²) in [5.41, 5.74) is 2.81. The van der Waals surface area contributed by atoms with E-state index in [-0.39, 0.29) is 17.8 Å². The molecule has 1 fully saturated rings. The SMILES string of the molecule is COc1ncc(C(=O)N2CCCC(c3nc(C)n4c(C)csc34)C2)cn1. The molecule has 1 amide bonds. The molecular formula is C18H21N5O2S. The van der Waals surface area contributed by atoms with E-state index in [9.17, 15) is 4.79 Å². The number of rotatable bonds is 3. The van der Waals surface area contributed by atoms with E-state index in [2.05, 4.69) is 26.7 Å². The molecule has 3 aromatic rings. The van der Waals surface area contributed by atoms with Crippen LogP contribution >= 0.6 is 11.3 Å². The Balaban J connectivity index is 1.57. The number of carbonyl (C=O) groups excluding carboxylic acids is 1. The largest absolute Gasteiger partial charge is 0.467 e. The molecule has 0 aliphatic carbocycles. The van der Waals surface area contributed by atoms with Crippen molar-refractivity contribution in [1.29, 1.82) is 0 Å². The highest BCUT2D eigenvalue weighted by Crippen LogP contribution is 2.33. The highest BCUT2D eigenvalue weighted by molar-refractivity contribution is 7.15. The summed E-state index contributed by atoms with van der Waals surface area (Å²) < 4.78 is 7.16. The summed E-state index contributed by atoms with van der Waals surface area (Å²) >= 11 is 1.73. The van der Waals surface area contributed by atoms with Crippen LogP contribution in [0.25, 0.3) is 4.83 Å². The van der Waals surface area contributed by atoms with Gasteiger partial charge in [0.1, 0.15) is 10.7 Å². The number of amides is 1. The first-order chi connectivity index (χ1) is 12.6. The molecule has 0 N–H and O–H groups in total. The van der Waals surface area contributed by atoms with Crippen LogP contribution in [0.5, 0.6) is 6.01 Å². The van der Waals surface area contributed by atoms with Crippen LogP contribution in [0.4, 0.5) is 0 Å². The number of likely N-dealkylation sites (tertiary alicyclic amines) is 1. The number of aromatic nitrogens is 4. The number of ether oxygens (including phenoxy) is 1. The van der Waals surface area contributed by atoms with Crippen molar-refractivity contribution in [1.82, 2.24) is 24.3 Å². The molecule has 4 heterocycles. The molecule has 0 aromatic carbocycles. The Morgan fingerprint density at radius 3 is 2.81 bits per heavy atom. The fraction of sp³-hybridized carbons (Fsp3) is 0.444. The van der Waals surface area contributed by atoms with Gasteiger partial charge in [-0.3, -0.25) is 9.20 Å². The minimum Gasteiger partial charge on any atom is -0.467 e. The highest BCUT2D eigenvalue weighted by Gasteiger charge is 2.29. The molecule has 1 aliphatic rings. The number of carbonyl (C=O) groups is 1. The second kappa shape index (κ2) is 6.68. The number of nitrogens with zero attached hydrogens (tertiary/aromatic N) is 5. The lowest BCUT2D eigenvalue weighted by Gasteiger charge is -2.32. The van der Waals surface area contributed by atoms with E-state index in [0.717, 1.165) is 30.9 Å². The van der Waals surface area contributed by atoms with Crippen LogP contribution < -0.4 is 4.74 Å². The maximum atomic E-state index is 12.8. The van der Waals surface area contributed by atoms with E-state index in [1.165, 1.54) is 30.0 Å². The molecule has 136 valence electrons. The molecule has 0 saturated carbocycles. The molecule has 1 unspecified atom stereocenters. The molecule has 3 aromatic heterocycles. The number of hydrogen-bond acceptors (Lipinski definition) is 6. The Morgan fingerprint density at radius 2 is 2.08 bits per heavy atom. The van der Waals surface area contributed by atoms with Gasteiger partial charge in [0, 0.05) is 42.5 Å². The van der Waals surface area contributed by atoms with Crippen LogP contribution in [0.2, 0.25) is 0 Å². The van der Waals surface area contributed by atoms with Gasteiger partial charge >= 0.3 is 6.01 Å². The zero-order valence-electron chi connectivity index (χ0n) is 15.1. The quantitative estimate of drug-likeness (QED) is 0.708. The van der Waals surface area contributed by atoms with Crippen LogP contribution in [0, 0.1) is 13.8 Å². The van der Waals surface area contributed by atoms with Gasteiger partial charge in [0.2, 0.25) is 0 Å². The van der Waals surface area contributed by atoms with Gasteiger partial charge in [-0.2, -0.15) is 0 Å². The number of aryl methyl sites for hydroxylation is 2. The van der Waals surface area contributed by atoms with Gasteiger partial charge < -0.3 is 9.64 Å². The minimum absolute atomic E-state index is 0.0353. The molecule has 0 radical (unpaired) electrons. The minimum atomic E-state index is -0.0353. The zero-order valence-corrected chi connectivity index (χ0v) is 15.9. The summed E-state index contributed by atoms with van der Waals surface area (Å²) in [7, 11) is 1.51. The van der Waals surface area contributed by atoms with Gasteiger partial charge in [0.15, 0.2) is 0 Å². The maximum absolute atomic E-state index is 12.8. The first-order valence-corrected chi connectivity index (χ1v) is 9.54. The van der Waals surface area contributed by atoms with E-state index < -0.39 is 0 Å². The van der Waals surface area contributed by atoms with E-state index in [1.807, 2.05) is 11.8 Å². The topological polar surface area (TPSA) is 72.6 Å². The number of thiazole rings is 1.